The molecule has 0 aromatic heterocycles. The summed E-state index contributed by atoms with van der Waals surface area (Å²) in [4.78, 5) is 2.13. The van der Waals surface area contributed by atoms with Crippen molar-refractivity contribution in [1.29, 1.82) is 0 Å². The van der Waals surface area contributed by atoms with E-state index in [9.17, 15) is 0 Å². The molecule has 2 rings (SSSR count). The standard InChI is InChI=1S/C14H16O2S/c1-15-17(16-2,13-9-5-3-6-10-13)14-11-7-4-8-12-14/h3-12H,1-2H3. The van der Waals surface area contributed by atoms with Crippen molar-refractivity contribution in [3.63, 3.8) is 0 Å². The summed E-state index contributed by atoms with van der Waals surface area (Å²) in [6.07, 6.45) is 0. The Kier molecular flexibility index (Phi) is 3.84. The van der Waals surface area contributed by atoms with Crippen molar-refractivity contribution in [3.8, 4) is 0 Å². The fraction of sp³-hybridized carbons (Fsp3) is 0.143. The van der Waals surface area contributed by atoms with Gasteiger partial charge in [0.2, 0.25) is 0 Å². The van der Waals surface area contributed by atoms with Gasteiger partial charge in [-0.15, -0.1) is 10.6 Å². The molecule has 0 spiro atoms. The molecule has 0 aliphatic heterocycles. The van der Waals surface area contributed by atoms with Crippen LogP contribution in [0.25, 0.3) is 0 Å². The highest BCUT2D eigenvalue weighted by Crippen LogP contribution is 2.62. The van der Waals surface area contributed by atoms with Gasteiger partial charge in [-0.05, 0) is 24.3 Å². The maximum atomic E-state index is 5.72. The van der Waals surface area contributed by atoms with Crippen LogP contribution in [0.2, 0.25) is 0 Å². The molecule has 0 bridgehead atoms. The van der Waals surface area contributed by atoms with Crippen LogP contribution in [-0.2, 0) is 8.37 Å². The van der Waals surface area contributed by atoms with Crippen LogP contribution in [0.1, 0.15) is 0 Å². The van der Waals surface area contributed by atoms with Gasteiger partial charge in [0.15, 0.2) is 0 Å². The normalized spacial score (nSPS) is 12.4. The van der Waals surface area contributed by atoms with Gasteiger partial charge in [-0.1, -0.05) is 36.4 Å². The largest absolute Gasteiger partial charge is 0.279 e. The third kappa shape index (κ3) is 2.22. The minimum atomic E-state index is -1.83. The summed E-state index contributed by atoms with van der Waals surface area (Å²) in [5, 5.41) is 0. The molecule has 0 atom stereocenters. The van der Waals surface area contributed by atoms with Crippen LogP contribution in [0.15, 0.2) is 70.5 Å². The maximum absolute atomic E-state index is 5.72. The second-order valence-electron chi connectivity index (χ2n) is 3.46. The maximum Gasteiger partial charge on any atom is 0.0641 e. The van der Waals surface area contributed by atoms with E-state index in [1.165, 1.54) is 0 Å². The first-order chi connectivity index (χ1) is 8.33. The zero-order chi connectivity index (χ0) is 12.1. The molecule has 0 fully saturated rings. The van der Waals surface area contributed by atoms with Crippen molar-refractivity contribution >= 4 is 10.6 Å². The minimum absolute atomic E-state index is 1.07. The Hall–Kier alpha value is -1.29. The highest BCUT2D eigenvalue weighted by atomic mass is 32.3. The van der Waals surface area contributed by atoms with Crippen molar-refractivity contribution in [1.82, 2.24) is 0 Å². The second-order valence-corrected chi connectivity index (χ2v) is 6.08. The van der Waals surface area contributed by atoms with Crippen LogP contribution in [-0.4, -0.2) is 14.2 Å². The SMILES string of the molecule is COS(OC)(c1ccccc1)c1ccccc1. The Morgan fingerprint density at radius 3 is 1.29 bits per heavy atom. The van der Waals surface area contributed by atoms with Crippen LogP contribution in [0.4, 0.5) is 0 Å². The summed E-state index contributed by atoms with van der Waals surface area (Å²) in [7, 11) is 1.56. The van der Waals surface area contributed by atoms with Gasteiger partial charge in [0, 0.05) is 0 Å². The fourth-order valence-electron chi connectivity index (χ4n) is 1.79. The Bertz CT molecular complexity index is 411. The highest BCUT2D eigenvalue weighted by Gasteiger charge is 2.23. The van der Waals surface area contributed by atoms with E-state index >= 15 is 0 Å². The molecule has 0 aliphatic rings. The van der Waals surface area contributed by atoms with Crippen molar-refractivity contribution in [3.05, 3.63) is 60.7 Å². The first kappa shape index (κ1) is 12.2. The lowest BCUT2D eigenvalue weighted by molar-refractivity contribution is 0.346. The van der Waals surface area contributed by atoms with Gasteiger partial charge in [-0.3, -0.25) is 8.37 Å². The molecule has 0 heterocycles. The van der Waals surface area contributed by atoms with E-state index in [1.807, 2.05) is 60.7 Å². The lowest BCUT2D eigenvalue weighted by Gasteiger charge is -2.41. The monoisotopic (exact) mass is 248 g/mol. The van der Waals surface area contributed by atoms with Crippen molar-refractivity contribution < 1.29 is 8.37 Å². The fourth-order valence-corrected chi connectivity index (χ4v) is 4.00. The molecule has 0 aliphatic carbocycles. The number of hydrogen-bond acceptors (Lipinski definition) is 2. The molecule has 2 nitrogen and oxygen atoms in total. The quantitative estimate of drug-likeness (QED) is 0.813. The first-order valence-electron chi connectivity index (χ1n) is 5.38. The summed E-state index contributed by atoms with van der Waals surface area (Å²) in [5.41, 5.74) is 0. The van der Waals surface area contributed by atoms with Gasteiger partial charge >= 0.3 is 0 Å². The van der Waals surface area contributed by atoms with Gasteiger partial charge in [0.25, 0.3) is 0 Å². The molecule has 0 saturated heterocycles. The van der Waals surface area contributed by atoms with Gasteiger partial charge in [-0.25, -0.2) is 0 Å². The Labute approximate surface area is 104 Å². The molecular weight excluding hydrogens is 232 g/mol. The zero-order valence-electron chi connectivity index (χ0n) is 10.00. The summed E-state index contributed by atoms with van der Waals surface area (Å²) in [6, 6.07) is 20.1. The molecule has 0 unspecified atom stereocenters. The lowest BCUT2D eigenvalue weighted by Crippen LogP contribution is -2.06. The van der Waals surface area contributed by atoms with Gasteiger partial charge in [0.05, 0.1) is 24.0 Å². The molecule has 2 aromatic rings. The average Bonchev–Trinajstić information content (AvgIpc) is 2.43. The van der Waals surface area contributed by atoms with E-state index in [0.29, 0.717) is 0 Å². The van der Waals surface area contributed by atoms with E-state index in [0.717, 1.165) is 9.79 Å². The van der Waals surface area contributed by atoms with Gasteiger partial charge in [0.1, 0.15) is 0 Å². The van der Waals surface area contributed by atoms with E-state index in [1.54, 1.807) is 14.2 Å². The van der Waals surface area contributed by atoms with E-state index < -0.39 is 10.6 Å². The summed E-state index contributed by atoms with van der Waals surface area (Å²) >= 11 is 0. The Morgan fingerprint density at radius 1 is 0.647 bits per heavy atom. The predicted octanol–water partition coefficient (Wildman–Crippen LogP) is 4.03. The third-order valence-corrected chi connectivity index (χ3v) is 5.30. The van der Waals surface area contributed by atoms with Crippen molar-refractivity contribution in [2.45, 2.75) is 9.79 Å². The number of benzene rings is 2. The van der Waals surface area contributed by atoms with Crippen LogP contribution >= 0.6 is 10.6 Å². The predicted molar refractivity (Wildman–Crippen MR) is 71.0 cm³/mol. The van der Waals surface area contributed by atoms with Crippen molar-refractivity contribution in [2.75, 3.05) is 14.2 Å². The van der Waals surface area contributed by atoms with E-state index in [-0.39, 0.29) is 0 Å². The van der Waals surface area contributed by atoms with E-state index in [2.05, 4.69) is 0 Å². The molecule has 90 valence electrons. The third-order valence-electron chi connectivity index (χ3n) is 2.58. The van der Waals surface area contributed by atoms with Crippen molar-refractivity contribution in [2.24, 2.45) is 0 Å². The van der Waals surface area contributed by atoms with Gasteiger partial charge < -0.3 is 0 Å². The highest BCUT2D eigenvalue weighted by molar-refractivity contribution is 8.26. The minimum Gasteiger partial charge on any atom is -0.279 e. The lowest BCUT2D eigenvalue weighted by atomic mass is 10.4. The molecule has 0 radical (unpaired) electrons. The molecule has 2 aromatic carbocycles. The molecule has 0 amide bonds. The summed E-state index contributed by atoms with van der Waals surface area (Å²) in [5.74, 6) is 0. The molecule has 17 heavy (non-hydrogen) atoms. The molecule has 0 N–H and O–H groups in total. The average molecular weight is 248 g/mol. The summed E-state index contributed by atoms with van der Waals surface area (Å²) < 4.78 is 11.4. The Balaban J connectivity index is 2.54. The molecular formula is C14H16O2S. The smallest absolute Gasteiger partial charge is 0.0641 e. The molecule has 0 saturated carbocycles. The van der Waals surface area contributed by atoms with Crippen LogP contribution in [0, 0.1) is 0 Å². The Morgan fingerprint density at radius 2 is 1.00 bits per heavy atom. The van der Waals surface area contributed by atoms with Crippen LogP contribution in [0.3, 0.4) is 0 Å². The van der Waals surface area contributed by atoms with Crippen LogP contribution in [0.5, 0.6) is 0 Å². The first-order valence-corrected chi connectivity index (χ1v) is 6.86. The van der Waals surface area contributed by atoms with Crippen LogP contribution < -0.4 is 0 Å². The molecule has 3 heteroatoms. The number of rotatable bonds is 4. The second kappa shape index (κ2) is 5.36. The van der Waals surface area contributed by atoms with Gasteiger partial charge in [-0.2, -0.15) is 0 Å². The van der Waals surface area contributed by atoms with E-state index in [4.69, 9.17) is 8.37 Å². The zero-order valence-corrected chi connectivity index (χ0v) is 10.8. The number of hydrogen-bond donors (Lipinski definition) is 0. The summed E-state index contributed by atoms with van der Waals surface area (Å²) in [6.45, 7) is 0. The topological polar surface area (TPSA) is 18.5 Å².